The van der Waals surface area contributed by atoms with Gasteiger partial charge in [0.1, 0.15) is 0 Å². The first-order chi connectivity index (χ1) is 16.8. The summed E-state index contributed by atoms with van der Waals surface area (Å²) in [5.41, 5.74) is -1.28. The normalized spacial score (nSPS) is 22.3. The maximum atomic E-state index is 14.4. The zero-order chi connectivity index (χ0) is 28.7. The number of carbonyl (C=O) groups is 1. The number of carbonyl (C=O) groups excluding carboxylic acids is 1. The Morgan fingerprint density at radius 1 is 1.05 bits per heavy atom. The van der Waals surface area contributed by atoms with E-state index in [1.807, 2.05) is 0 Å². The van der Waals surface area contributed by atoms with E-state index < -0.39 is 79.5 Å². The SMILES string of the molecule is CC[Si](CC)(CC)OC(C1CCC(OS(=O)(=O)c2sc(C)nc2C)(C(N)=O)CC1)(C(F)(F)F)C(F)(F)F. The summed E-state index contributed by atoms with van der Waals surface area (Å²) in [6, 6.07) is 0.127. The third kappa shape index (κ3) is 5.87. The first kappa shape index (κ1) is 32.0. The highest BCUT2D eigenvalue weighted by molar-refractivity contribution is 7.89. The molecule has 0 bridgehead atoms. The van der Waals surface area contributed by atoms with Gasteiger partial charge in [-0.25, -0.2) is 9.17 Å². The minimum atomic E-state index is -5.81. The monoisotopic (exact) mass is 598 g/mol. The van der Waals surface area contributed by atoms with Crippen molar-refractivity contribution in [1.82, 2.24) is 4.98 Å². The Balaban J connectivity index is 2.52. The molecule has 1 fully saturated rings. The van der Waals surface area contributed by atoms with Gasteiger partial charge in [0.25, 0.3) is 11.5 Å². The zero-order valence-corrected chi connectivity index (χ0v) is 23.8. The number of rotatable bonds is 10. The minimum Gasteiger partial charge on any atom is -0.396 e. The van der Waals surface area contributed by atoms with Crippen LogP contribution in [-0.2, 0) is 23.5 Å². The molecule has 1 aliphatic rings. The van der Waals surface area contributed by atoms with Gasteiger partial charge in [0.15, 0.2) is 18.1 Å². The molecule has 2 N–H and O–H groups in total. The number of primary amides is 1. The molecule has 0 aliphatic heterocycles. The second kappa shape index (κ2) is 10.7. The molecule has 1 heterocycles. The topological polar surface area (TPSA) is 109 Å². The molecular weight excluding hydrogens is 566 g/mol. The van der Waals surface area contributed by atoms with Gasteiger partial charge in [0, 0.05) is 5.92 Å². The number of thiazole rings is 1. The van der Waals surface area contributed by atoms with E-state index in [2.05, 4.69) is 4.98 Å². The minimum absolute atomic E-state index is 0.0425. The summed E-state index contributed by atoms with van der Waals surface area (Å²) in [4.78, 5) is 16.3. The second-order valence-corrected chi connectivity index (χ2v) is 17.0. The van der Waals surface area contributed by atoms with Gasteiger partial charge in [0.05, 0.1) is 10.7 Å². The van der Waals surface area contributed by atoms with Crippen LogP contribution in [0.25, 0.3) is 0 Å². The fraction of sp³-hybridized carbons (Fsp3) is 0.810. The number of aromatic nitrogens is 1. The van der Waals surface area contributed by atoms with E-state index in [4.69, 9.17) is 14.3 Å². The van der Waals surface area contributed by atoms with Crippen LogP contribution in [0, 0.1) is 19.8 Å². The lowest BCUT2D eigenvalue weighted by atomic mass is 9.70. The maximum absolute atomic E-state index is 14.4. The molecule has 2 rings (SSSR count). The van der Waals surface area contributed by atoms with E-state index in [1.54, 1.807) is 0 Å². The summed E-state index contributed by atoms with van der Waals surface area (Å²) in [6.07, 6.45) is -14.9. The number of nitrogens with two attached hydrogens (primary N) is 1. The molecule has 7 nitrogen and oxygen atoms in total. The molecule has 0 aromatic carbocycles. The van der Waals surface area contributed by atoms with Crippen molar-refractivity contribution in [1.29, 1.82) is 0 Å². The van der Waals surface area contributed by atoms with Crippen LogP contribution in [-0.4, -0.2) is 51.2 Å². The van der Waals surface area contributed by atoms with Gasteiger partial charge in [-0.2, -0.15) is 34.8 Å². The van der Waals surface area contributed by atoms with Gasteiger partial charge >= 0.3 is 22.5 Å². The summed E-state index contributed by atoms with van der Waals surface area (Å²) in [6.45, 7) is 7.45. The Morgan fingerprint density at radius 2 is 1.51 bits per heavy atom. The molecule has 37 heavy (non-hydrogen) atoms. The molecule has 0 saturated heterocycles. The van der Waals surface area contributed by atoms with Gasteiger partial charge < -0.3 is 10.2 Å². The van der Waals surface area contributed by atoms with Crippen molar-refractivity contribution in [2.24, 2.45) is 11.7 Å². The summed E-state index contributed by atoms with van der Waals surface area (Å²) < 4.78 is 123. The van der Waals surface area contributed by atoms with Crippen LogP contribution in [0.1, 0.15) is 57.2 Å². The maximum Gasteiger partial charge on any atom is 0.425 e. The quantitative estimate of drug-likeness (QED) is 0.208. The Labute approximate surface area is 217 Å². The Morgan fingerprint density at radius 3 is 1.84 bits per heavy atom. The predicted octanol–water partition coefficient (Wildman–Crippen LogP) is 5.76. The summed E-state index contributed by atoms with van der Waals surface area (Å²) >= 11 is 0.757. The zero-order valence-electron chi connectivity index (χ0n) is 21.2. The van der Waals surface area contributed by atoms with Gasteiger partial charge in [-0.15, -0.1) is 11.3 Å². The van der Waals surface area contributed by atoms with E-state index in [0.29, 0.717) is 5.01 Å². The van der Waals surface area contributed by atoms with E-state index in [-0.39, 0.29) is 28.0 Å². The van der Waals surface area contributed by atoms with E-state index in [0.717, 1.165) is 11.3 Å². The van der Waals surface area contributed by atoms with E-state index >= 15 is 0 Å². The average Bonchev–Trinajstić information content (AvgIpc) is 3.13. The lowest BCUT2D eigenvalue weighted by Crippen LogP contribution is -2.68. The highest BCUT2D eigenvalue weighted by Crippen LogP contribution is 2.57. The lowest BCUT2D eigenvalue weighted by Gasteiger charge is -2.50. The van der Waals surface area contributed by atoms with Crippen molar-refractivity contribution < 1.29 is 48.2 Å². The fourth-order valence-corrected chi connectivity index (χ4v) is 10.7. The molecule has 16 heteroatoms. The molecule has 1 aromatic rings. The number of amides is 1. The van der Waals surface area contributed by atoms with Crippen LogP contribution >= 0.6 is 11.3 Å². The van der Waals surface area contributed by atoms with Crippen LogP contribution in [0.4, 0.5) is 26.3 Å². The van der Waals surface area contributed by atoms with Crippen molar-refractivity contribution in [3.05, 3.63) is 10.7 Å². The van der Waals surface area contributed by atoms with E-state index in [9.17, 15) is 39.6 Å². The molecule has 1 aromatic heterocycles. The number of alkyl halides is 6. The van der Waals surface area contributed by atoms with Crippen molar-refractivity contribution in [2.75, 3.05) is 0 Å². The molecule has 0 atom stereocenters. The lowest BCUT2D eigenvalue weighted by molar-refractivity contribution is -0.380. The van der Waals surface area contributed by atoms with Gasteiger partial charge in [-0.3, -0.25) is 4.79 Å². The van der Waals surface area contributed by atoms with Gasteiger partial charge in [0.2, 0.25) is 0 Å². The highest BCUT2D eigenvalue weighted by Gasteiger charge is 2.77. The first-order valence-corrected chi connectivity index (χ1v) is 16.5. The van der Waals surface area contributed by atoms with Crippen molar-refractivity contribution >= 4 is 35.7 Å². The molecule has 1 aliphatic carbocycles. The summed E-state index contributed by atoms with van der Waals surface area (Å²) in [7, 11) is -8.10. The summed E-state index contributed by atoms with van der Waals surface area (Å²) in [5, 5.41) is 0.379. The standard InChI is InChI=1S/C21H32F6N2O5S2Si/c1-6-37(7-2,8-3)34-19(20(22,23)24,21(25,26)27)15-9-11-18(12-10-15,17(28)30)33-36(31,32)16-13(4)29-14(5)35-16/h15H,6-12H2,1-5H3,(H2,28,30). The number of hydrogen-bond donors (Lipinski definition) is 1. The van der Waals surface area contributed by atoms with Crippen LogP contribution in [0.3, 0.4) is 0 Å². The van der Waals surface area contributed by atoms with Crippen LogP contribution in [0.5, 0.6) is 0 Å². The molecule has 0 unspecified atom stereocenters. The Hall–Kier alpha value is -1.23. The summed E-state index contributed by atoms with van der Waals surface area (Å²) in [5.74, 6) is -3.42. The smallest absolute Gasteiger partial charge is 0.396 e. The predicted molar refractivity (Wildman–Crippen MR) is 127 cm³/mol. The molecule has 214 valence electrons. The van der Waals surface area contributed by atoms with E-state index in [1.165, 1.54) is 34.6 Å². The average molecular weight is 599 g/mol. The van der Waals surface area contributed by atoms with Crippen LogP contribution in [0.15, 0.2) is 4.21 Å². The number of halogens is 6. The van der Waals surface area contributed by atoms with Gasteiger partial charge in [-0.05, 0) is 57.7 Å². The van der Waals surface area contributed by atoms with Crippen LogP contribution in [0.2, 0.25) is 18.1 Å². The van der Waals surface area contributed by atoms with Gasteiger partial charge in [-0.1, -0.05) is 20.8 Å². The molecule has 1 amide bonds. The van der Waals surface area contributed by atoms with Crippen molar-refractivity contribution in [3.63, 3.8) is 0 Å². The third-order valence-corrected chi connectivity index (χ3v) is 15.0. The molecule has 0 spiro atoms. The Bertz CT molecular complexity index is 1060. The third-order valence-electron chi connectivity index (χ3n) is 7.33. The highest BCUT2D eigenvalue weighted by atomic mass is 32.3. The number of nitrogens with zero attached hydrogens (tertiary/aromatic N) is 1. The molecular formula is C21H32F6N2O5S2Si. The van der Waals surface area contributed by atoms with Crippen molar-refractivity contribution in [3.8, 4) is 0 Å². The second-order valence-electron chi connectivity index (χ2n) is 9.35. The largest absolute Gasteiger partial charge is 0.425 e. The molecule has 1 saturated carbocycles. The number of hydrogen-bond acceptors (Lipinski definition) is 7. The number of aryl methyl sites for hydroxylation is 2. The first-order valence-electron chi connectivity index (χ1n) is 11.8. The van der Waals surface area contributed by atoms with Crippen LogP contribution < -0.4 is 5.73 Å². The van der Waals surface area contributed by atoms with Crippen molar-refractivity contribution in [2.45, 2.75) is 106 Å². The molecule has 0 radical (unpaired) electrons. The Kier molecular flexibility index (Phi) is 9.28. The fourth-order valence-electron chi connectivity index (χ4n) is 4.98.